The van der Waals surface area contributed by atoms with Gasteiger partial charge in [-0.2, -0.15) is 0 Å². The van der Waals surface area contributed by atoms with Crippen LogP contribution in [-0.4, -0.2) is 0 Å². The Morgan fingerprint density at radius 2 is 1.00 bits per heavy atom. The van der Waals surface area contributed by atoms with E-state index in [2.05, 4.69) is 0 Å². The van der Waals surface area contributed by atoms with Crippen LogP contribution in [0.5, 0.6) is 0 Å². The van der Waals surface area contributed by atoms with E-state index < -0.39 is 95.4 Å². The second-order valence-electron chi connectivity index (χ2n) is 13.5. The third-order valence-corrected chi connectivity index (χ3v) is 10.3. The first-order valence-corrected chi connectivity index (χ1v) is 18.1. The van der Waals surface area contributed by atoms with E-state index in [0.29, 0.717) is 16.5 Å². The highest BCUT2D eigenvalue weighted by atomic mass is 16.3. The van der Waals surface area contributed by atoms with E-state index in [1.165, 1.54) is 4.90 Å². The minimum atomic E-state index is -0.744. The third kappa shape index (κ3) is 5.34. The molecule has 0 saturated carbocycles. The number of benzene rings is 10. The van der Waals surface area contributed by atoms with Crippen LogP contribution < -0.4 is 4.90 Å². The van der Waals surface area contributed by atoms with Gasteiger partial charge in [-0.25, -0.2) is 0 Å². The zero-order valence-corrected chi connectivity index (χ0v) is 29.6. The molecule has 0 amide bonds. The predicted molar refractivity (Wildman–Crippen MR) is 237 cm³/mol. The molecule has 0 N–H and O–H groups in total. The number of anilines is 3. The molecule has 11 aromatic rings. The molecule has 0 bridgehead atoms. The van der Waals surface area contributed by atoms with Crippen LogP contribution in [0.4, 0.5) is 17.1 Å². The highest BCUT2D eigenvalue weighted by Crippen LogP contribution is 2.42. The van der Waals surface area contributed by atoms with Gasteiger partial charge in [0, 0.05) is 33.2 Å². The summed E-state index contributed by atoms with van der Waals surface area (Å²) in [6, 6.07) is 33.3. The van der Waals surface area contributed by atoms with Crippen molar-refractivity contribution in [3.63, 3.8) is 0 Å². The zero-order valence-electron chi connectivity index (χ0n) is 42.6. The summed E-state index contributed by atoms with van der Waals surface area (Å²) in [6.45, 7) is 0. The van der Waals surface area contributed by atoms with E-state index in [9.17, 15) is 11.0 Å². The van der Waals surface area contributed by atoms with Gasteiger partial charge in [0.1, 0.15) is 11.2 Å². The summed E-state index contributed by atoms with van der Waals surface area (Å²) >= 11 is 0. The quantitative estimate of drug-likeness (QED) is 0.159. The average Bonchev–Trinajstić information content (AvgIpc) is 3.77. The standard InChI is InChI=1S/C54H35NO/c1-2-11-36(12-3-1)37-21-28-42(29-22-37)55(44-32-25-40(26-33-44)51-35-41-14-5-6-15-45(41)48-17-8-9-18-49(48)51)43-30-23-39(24-31-43)46-19-10-20-52-53(46)50-34-27-38-13-4-7-16-47(38)54(50)56-52/h1-35H/i1D,2D,3D,11D,12D,21D,22D,25D,26D,28D,29D,32D,33D. The highest BCUT2D eigenvalue weighted by Gasteiger charge is 2.18. The Morgan fingerprint density at radius 3 is 1.75 bits per heavy atom. The summed E-state index contributed by atoms with van der Waals surface area (Å²) < 4.78 is 125. The summed E-state index contributed by atoms with van der Waals surface area (Å²) in [5.74, 6) is 0. The highest BCUT2D eigenvalue weighted by molar-refractivity contribution is 6.19. The summed E-state index contributed by atoms with van der Waals surface area (Å²) in [7, 11) is 0. The largest absolute Gasteiger partial charge is 0.455 e. The number of hydrogen-bond acceptors (Lipinski definition) is 2. The van der Waals surface area contributed by atoms with Crippen molar-refractivity contribution in [2.45, 2.75) is 0 Å². The summed E-state index contributed by atoms with van der Waals surface area (Å²) in [5, 5.41) is 7.07. The van der Waals surface area contributed by atoms with Gasteiger partial charge in [-0.15, -0.1) is 0 Å². The number of fused-ring (bicyclic) bond motifs is 8. The first-order valence-electron chi connectivity index (χ1n) is 24.6. The molecule has 10 aromatic carbocycles. The molecule has 0 atom stereocenters. The maximum atomic E-state index is 9.69. The maximum absolute atomic E-state index is 9.69. The number of hydrogen-bond donors (Lipinski definition) is 0. The Kier molecular flexibility index (Phi) is 5.04. The Bertz CT molecular complexity index is 3930. The SMILES string of the molecule is [2H]c1c([2H])c([2H])c(-c2c([2H])c([2H])c(N(c3ccc(-c4cccc5oc6c7ccccc7ccc6c45)cc3)c3c([2H])c([2H])c(-c4cc5ccccc5c5ccccc45)c([2H])c3[2H])c([2H])c2[2H])c([2H])c1[2H]. The second kappa shape index (κ2) is 13.2. The van der Waals surface area contributed by atoms with Gasteiger partial charge in [0.05, 0.1) is 17.8 Å². The van der Waals surface area contributed by atoms with Crippen LogP contribution in [0.15, 0.2) is 216 Å². The van der Waals surface area contributed by atoms with E-state index in [-0.39, 0.29) is 16.9 Å². The Morgan fingerprint density at radius 1 is 0.375 bits per heavy atom. The minimum absolute atomic E-state index is 0.0234. The Balaban J connectivity index is 1.16. The molecule has 0 aliphatic heterocycles. The molecule has 1 aromatic heterocycles. The van der Waals surface area contributed by atoms with Crippen LogP contribution in [-0.2, 0) is 0 Å². The van der Waals surface area contributed by atoms with Crippen LogP contribution in [0.1, 0.15) is 17.8 Å². The maximum Gasteiger partial charge on any atom is 0.143 e. The molecule has 0 spiro atoms. The molecule has 2 heteroatoms. The normalized spacial score (nSPS) is 14.8. The molecule has 0 saturated heterocycles. The van der Waals surface area contributed by atoms with Gasteiger partial charge in [-0.1, -0.05) is 158 Å². The van der Waals surface area contributed by atoms with E-state index >= 15 is 0 Å². The molecule has 0 aliphatic carbocycles. The van der Waals surface area contributed by atoms with Gasteiger partial charge >= 0.3 is 0 Å². The molecular weight excluding hydrogens is 679 g/mol. The predicted octanol–water partition coefficient (Wildman–Crippen LogP) is 15.5. The summed E-state index contributed by atoms with van der Waals surface area (Å²) in [6.07, 6.45) is 0. The lowest BCUT2D eigenvalue weighted by molar-refractivity contribution is 0.673. The van der Waals surface area contributed by atoms with Gasteiger partial charge in [0.2, 0.25) is 0 Å². The van der Waals surface area contributed by atoms with Crippen LogP contribution in [0.25, 0.3) is 87.6 Å². The molecule has 56 heavy (non-hydrogen) atoms. The topological polar surface area (TPSA) is 16.4 Å². The molecule has 2 nitrogen and oxygen atoms in total. The van der Waals surface area contributed by atoms with Gasteiger partial charge < -0.3 is 9.32 Å². The van der Waals surface area contributed by atoms with Crippen molar-refractivity contribution in [3.8, 4) is 33.4 Å². The third-order valence-electron chi connectivity index (χ3n) is 10.3. The molecule has 0 aliphatic rings. The molecule has 0 radical (unpaired) electrons. The molecule has 262 valence electrons. The average molecular weight is 727 g/mol. The van der Waals surface area contributed by atoms with Gasteiger partial charge in [0.25, 0.3) is 0 Å². The monoisotopic (exact) mass is 726 g/mol. The molecule has 0 fully saturated rings. The molecule has 0 unspecified atom stereocenters. The van der Waals surface area contributed by atoms with E-state index in [4.69, 9.17) is 11.3 Å². The lowest BCUT2D eigenvalue weighted by atomic mass is 9.93. The van der Waals surface area contributed by atoms with Crippen molar-refractivity contribution >= 4 is 71.3 Å². The number of nitrogens with zero attached hydrogens (tertiary/aromatic N) is 1. The lowest BCUT2D eigenvalue weighted by Gasteiger charge is -2.26. The van der Waals surface area contributed by atoms with Gasteiger partial charge in [0.15, 0.2) is 0 Å². The molecular formula is C54H35NO. The van der Waals surface area contributed by atoms with Gasteiger partial charge in [-0.05, 0) is 115 Å². The van der Waals surface area contributed by atoms with Crippen molar-refractivity contribution in [2.75, 3.05) is 4.90 Å². The summed E-state index contributed by atoms with van der Waals surface area (Å²) in [4.78, 5) is 1.18. The van der Waals surface area contributed by atoms with Crippen molar-refractivity contribution < 1.29 is 22.2 Å². The van der Waals surface area contributed by atoms with E-state index in [1.54, 1.807) is 24.3 Å². The first kappa shape index (κ1) is 21.5. The van der Waals surface area contributed by atoms with Crippen molar-refractivity contribution in [1.82, 2.24) is 0 Å². The lowest BCUT2D eigenvalue weighted by Crippen LogP contribution is -2.09. The van der Waals surface area contributed by atoms with Crippen LogP contribution in [0.2, 0.25) is 0 Å². The fourth-order valence-corrected chi connectivity index (χ4v) is 7.69. The number of furan rings is 1. The van der Waals surface area contributed by atoms with Crippen molar-refractivity contribution in [2.24, 2.45) is 0 Å². The smallest absolute Gasteiger partial charge is 0.143 e. The van der Waals surface area contributed by atoms with E-state index in [1.807, 2.05) is 109 Å². The Hall–Kier alpha value is -7.42. The van der Waals surface area contributed by atoms with Crippen LogP contribution in [0, 0.1) is 0 Å². The first-order chi connectivity index (χ1) is 33.2. The second-order valence-corrected chi connectivity index (χ2v) is 13.5. The van der Waals surface area contributed by atoms with Crippen molar-refractivity contribution in [3.05, 3.63) is 212 Å². The van der Waals surface area contributed by atoms with Crippen LogP contribution >= 0.6 is 0 Å². The minimum Gasteiger partial charge on any atom is -0.455 e. The van der Waals surface area contributed by atoms with Crippen molar-refractivity contribution in [1.29, 1.82) is 0 Å². The van der Waals surface area contributed by atoms with Crippen LogP contribution in [0.3, 0.4) is 0 Å². The molecule has 11 rings (SSSR count). The van der Waals surface area contributed by atoms with E-state index in [0.717, 1.165) is 54.4 Å². The zero-order chi connectivity index (χ0) is 48.3. The fraction of sp³-hybridized carbons (Fsp3) is 0. The summed E-state index contributed by atoms with van der Waals surface area (Å²) in [5.41, 5.74) is 1.73. The molecule has 1 heterocycles. The fourth-order valence-electron chi connectivity index (χ4n) is 7.69. The van der Waals surface area contributed by atoms with Gasteiger partial charge in [-0.3, -0.25) is 0 Å². The Labute approximate surface area is 343 Å². The number of rotatable bonds is 6.